The van der Waals surface area contributed by atoms with Crippen molar-refractivity contribution in [2.45, 2.75) is 6.92 Å². The molecule has 84 valence electrons. The number of hydrogen-bond donors (Lipinski definition) is 1. The van der Waals surface area contributed by atoms with Gasteiger partial charge in [-0.15, -0.1) is 0 Å². The van der Waals surface area contributed by atoms with Crippen LogP contribution >= 0.6 is 0 Å². The second-order valence-corrected chi connectivity index (χ2v) is 3.27. The van der Waals surface area contributed by atoms with Gasteiger partial charge in [-0.3, -0.25) is 14.9 Å². The van der Waals surface area contributed by atoms with Crippen LogP contribution in [0.2, 0.25) is 0 Å². The molecule has 0 radical (unpaired) electrons. The Balaban J connectivity index is 2.56. The first kappa shape index (κ1) is 11.9. The van der Waals surface area contributed by atoms with Crippen molar-refractivity contribution in [3.8, 4) is 0 Å². The van der Waals surface area contributed by atoms with Crippen LogP contribution in [0.4, 0.5) is 5.69 Å². The fourth-order valence-corrected chi connectivity index (χ4v) is 1.06. The number of nitrogens with zero attached hydrogens (tertiary/aromatic N) is 1. The van der Waals surface area contributed by atoms with Crippen LogP contribution in [0.3, 0.4) is 0 Å². The van der Waals surface area contributed by atoms with Crippen LogP contribution in [-0.4, -0.2) is 10.8 Å². The fraction of sp³-hybridized carbons (Fsp3) is 0.182. The number of nitrogens with one attached hydrogen (secondary N) is 1. The minimum absolute atomic E-state index is 0.274. The summed E-state index contributed by atoms with van der Waals surface area (Å²) in [6.45, 7) is 1.60. The third kappa shape index (κ3) is 3.91. The zero-order valence-electron chi connectivity index (χ0n) is 8.79. The van der Waals surface area contributed by atoms with Gasteiger partial charge in [-0.2, -0.15) is 0 Å². The molecule has 0 aliphatic heterocycles. The van der Waals surface area contributed by atoms with Gasteiger partial charge in [0.2, 0.25) is 12.1 Å². The van der Waals surface area contributed by atoms with Crippen LogP contribution in [0, 0.1) is 16.0 Å². The van der Waals surface area contributed by atoms with Crippen LogP contribution in [-0.2, 0) is 4.79 Å². The molecule has 0 aliphatic rings. The van der Waals surface area contributed by atoms with E-state index in [9.17, 15) is 14.9 Å². The lowest BCUT2D eigenvalue weighted by Crippen LogP contribution is -2.18. The van der Waals surface area contributed by atoms with Crippen LogP contribution in [0.5, 0.6) is 0 Å². The van der Waals surface area contributed by atoms with Crippen molar-refractivity contribution in [1.82, 2.24) is 0 Å². The molecule has 0 aromatic heterocycles. The van der Waals surface area contributed by atoms with E-state index in [1.54, 1.807) is 31.2 Å². The zero-order chi connectivity index (χ0) is 12.0. The van der Waals surface area contributed by atoms with Crippen molar-refractivity contribution >= 4 is 11.6 Å². The Morgan fingerprint density at radius 2 is 2.06 bits per heavy atom. The molecule has 0 fully saturated rings. The van der Waals surface area contributed by atoms with Crippen molar-refractivity contribution in [1.29, 1.82) is 0 Å². The molecule has 0 spiro atoms. The standard InChI is InChI=1S/C11H12N2O3/c1-9(7-8-13(15)16)11(14)12-10-5-3-2-4-6-10/h2-9H,1H3,(H,12,14). The lowest BCUT2D eigenvalue weighted by molar-refractivity contribution is -0.402. The minimum Gasteiger partial charge on any atom is -0.326 e. The quantitative estimate of drug-likeness (QED) is 0.623. The van der Waals surface area contributed by atoms with E-state index in [1.165, 1.54) is 6.08 Å². The highest BCUT2D eigenvalue weighted by Crippen LogP contribution is 2.08. The number of hydrogen-bond acceptors (Lipinski definition) is 3. The third-order valence-electron chi connectivity index (χ3n) is 1.95. The van der Waals surface area contributed by atoms with Gasteiger partial charge in [-0.25, -0.2) is 0 Å². The molecule has 0 saturated carbocycles. The molecule has 5 nitrogen and oxygen atoms in total. The fourth-order valence-electron chi connectivity index (χ4n) is 1.06. The smallest absolute Gasteiger partial charge is 0.231 e. The molecule has 0 bridgehead atoms. The van der Waals surface area contributed by atoms with Gasteiger partial charge >= 0.3 is 0 Å². The average Bonchev–Trinajstić information content (AvgIpc) is 2.27. The monoisotopic (exact) mass is 220 g/mol. The predicted molar refractivity (Wildman–Crippen MR) is 60.4 cm³/mol. The first-order valence-corrected chi connectivity index (χ1v) is 4.77. The highest BCUT2D eigenvalue weighted by molar-refractivity contribution is 5.93. The summed E-state index contributed by atoms with van der Waals surface area (Å²) >= 11 is 0. The van der Waals surface area contributed by atoms with E-state index >= 15 is 0 Å². The maximum absolute atomic E-state index is 11.5. The summed E-state index contributed by atoms with van der Waals surface area (Å²) in [6.07, 6.45) is 2.02. The van der Waals surface area contributed by atoms with Crippen LogP contribution in [0.1, 0.15) is 6.92 Å². The SMILES string of the molecule is CC(C=C[N+](=O)[O-])C(=O)Nc1ccccc1. The Morgan fingerprint density at radius 3 is 2.62 bits per heavy atom. The van der Waals surface area contributed by atoms with Gasteiger partial charge in [0.15, 0.2) is 0 Å². The van der Waals surface area contributed by atoms with E-state index in [2.05, 4.69) is 5.32 Å². The molecule has 1 aromatic carbocycles. The summed E-state index contributed by atoms with van der Waals surface area (Å²) in [7, 11) is 0. The normalized spacial score (nSPS) is 12.3. The topological polar surface area (TPSA) is 72.2 Å². The van der Waals surface area contributed by atoms with Gasteiger partial charge in [-0.1, -0.05) is 18.2 Å². The maximum atomic E-state index is 11.5. The minimum atomic E-state index is -0.591. The zero-order valence-corrected chi connectivity index (χ0v) is 8.79. The lowest BCUT2D eigenvalue weighted by atomic mass is 10.1. The number of nitro groups is 1. The molecule has 1 atom stereocenters. The first-order valence-electron chi connectivity index (χ1n) is 4.77. The van der Waals surface area contributed by atoms with Gasteiger partial charge in [-0.05, 0) is 25.1 Å². The van der Waals surface area contributed by atoms with Crippen molar-refractivity contribution in [3.05, 3.63) is 52.7 Å². The van der Waals surface area contributed by atoms with E-state index in [4.69, 9.17) is 0 Å². The molecule has 1 amide bonds. The molecule has 0 aliphatic carbocycles. The molecular weight excluding hydrogens is 208 g/mol. The number of carbonyl (C=O) groups excluding carboxylic acids is 1. The number of benzene rings is 1. The van der Waals surface area contributed by atoms with Gasteiger partial charge < -0.3 is 5.32 Å². The van der Waals surface area contributed by atoms with Crippen LogP contribution < -0.4 is 5.32 Å². The summed E-state index contributed by atoms with van der Waals surface area (Å²) < 4.78 is 0. The van der Waals surface area contributed by atoms with Crippen molar-refractivity contribution in [2.75, 3.05) is 5.32 Å². The van der Waals surface area contributed by atoms with Gasteiger partial charge in [0.25, 0.3) is 0 Å². The third-order valence-corrected chi connectivity index (χ3v) is 1.95. The number of rotatable bonds is 4. The molecule has 1 unspecified atom stereocenters. The Kier molecular flexibility index (Phi) is 4.20. The molecule has 0 heterocycles. The molecule has 16 heavy (non-hydrogen) atoms. The summed E-state index contributed by atoms with van der Waals surface area (Å²) in [4.78, 5) is 21.0. The van der Waals surface area contributed by atoms with Crippen LogP contribution in [0.25, 0.3) is 0 Å². The predicted octanol–water partition coefficient (Wildman–Crippen LogP) is 2.05. The summed E-state index contributed by atoms with van der Waals surface area (Å²) in [6, 6.07) is 8.94. The Hall–Kier alpha value is -2.17. The maximum Gasteiger partial charge on any atom is 0.231 e. The van der Waals surface area contributed by atoms with Gasteiger partial charge in [0.05, 0.1) is 10.8 Å². The number of para-hydroxylation sites is 1. The first-order chi connectivity index (χ1) is 7.59. The second kappa shape index (κ2) is 5.65. The Labute approximate surface area is 92.9 Å². The summed E-state index contributed by atoms with van der Waals surface area (Å²) in [5.74, 6) is -0.810. The highest BCUT2D eigenvalue weighted by atomic mass is 16.6. The molecular formula is C11H12N2O3. The summed E-state index contributed by atoms with van der Waals surface area (Å²) in [5, 5.41) is 12.7. The average molecular weight is 220 g/mol. The highest BCUT2D eigenvalue weighted by Gasteiger charge is 2.10. The molecule has 1 rings (SSSR count). The summed E-state index contributed by atoms with van der Waals surface area (Å²) in [5.41, 5.74) is 0.675. The van der Waals surface area contributed by atoms with E-state index < -0.39 is 10.8 Å². The van der Waals surface area contributed by atoms with E-state index in [-0.39, 0.29) is 5.91 Å². The van der Waals surface area contributed by atoms with Crippen molar-refractivity contribution in [2.24, 2.45) is 5.92 Å². The van der Waals surface area contributed by atoms with E-state index in [0.29, 0.717) is 5.69 Å². The largest absolute Gasteiger partial charge is 0.326 e. The molecule has 1 aromatic rings. The Morgan fingerprint density at radius 1 is 1.44 bits per heavy atom. The van der Waals surface area contributed by atoms with Crippen LogP contribution in [0.15, 0.2) is 42.6 Å². The number of amides is 1. The number of carbonyl (C=O) groups is 1. The van der Waals surface area contributed by atoms with Crippen molar-refractivity contribution in [3.63, 3.8) is 0 Å². The lowest BCUT2D eigenvalue weighted by Gasteiger charge is -2.07. The second-order valence-electron chi connectivity index (χ2n) is 3.27. The molecule has 0 saturated heterocycles. The van der Waals surface area contributed by atoms with Gasteiger partial charge in [0, 0.05) is 5.69 Å². The Bertz CT molecular complexity index is 401. The molecule has 5 heteroatoms. The number of anilines is 1. The van der Waals surface area contributed by atoms with Crippen molar-refractivity contribution < 1.29 is 9.72 Å². The van der Waals surface area contributed by atoms with E-state index in [0.717, 1.165) is 6.20 Å². The van der Waals surface area contributed by atoms with Gasteiger partial charge in [0.1, 0.15) is 0 Å². The molecule has 1 N–H and O–H groups in total. The van der Waals surface area contributed by atoms with E-state index in [1.807, 2.05) is 6.07 Å².